The highest BCUT2D eigenvalue weighted by molar-refractivity contribution is 7.18. The molecular weight excluding hydrogens is 334 g/mol. The Morgan fingerprint density at radius 1 is 1.30 bits per heavy atom. The number of hydrogen-bond acceptors (Lipinski definition) is 4. The van der Waals surface area contributed by atoms with Crippen LogP contribution in [0.2, 0.25) is 5.02 Å². The maximum absolute atomic E-state index is 11.9. The van der Waals surface area contributed by atoms with Gasteiger partial charge in [0.25, 0.3) is 0 Å². The number of carbonyl (C=O) groups excluding carboxylic acids is 2. The molecule has 23 heavy (non-hydrogen) atoms. The quantitative estimate of drug-likeness (QED) is 0.637. The number of benzene rings is 1. The van der Waals surface area contributed by atoms with Gasteiger partial charge in [0.2, 0.25) is 5.91 Å². The van der Waals surface area contributed by atoms with Gasteiger partial charge in [-0.05, 0) is 49.2 Å². The van der Waals surface area contributed by atoms with Gasteiger partial charge in [-0.1, -0.05) is 23.7 Å². The summed E-state index contributed by atoms with van der Waals surface area (Å²) in [5, 5.41) is 3.99. The van der Waals surface area contributed by atoms with Crippen molar-refractivity contribution >= 4 is 45.9 Å². The molecule has 1 amide bonds. The van der Waals surface area contributed by atoms with Crippen molar-refractivity contribution in [2.24, 2.45) is 0 Å². The number of nitrogens with one attached hydrogen (secondary N) is 1. The second-order valence-corrected chi connectivity index (χ2v) is 6.21. The zero-order valence-corrected chi connectivity index (χ0v) is 14.3. The molecule has 2 aromatic rings. The van der Waals surface area contributed by atoms with Gasteiger partial charge in [0, 0.05) is 11.1 Å². The first-order chi connectivity index (χ1) is 11.0. The molecule has 1 heterocycles. The molecular formula is C17H16ClNO3S. The average molecular weight is 350 g/mol. The molecule has 0 atom stereocenters. The Bertz CT molecular complexity index is 735. The number of esters is 1. The van der Waals surface area contributed by atoms with Crippen LogP contribution in [0.1, 0.15) is 27.7 Å². The normalized spacial score (nSPS) is 10.7. The van der Waals surface area contributed by atoms with Gasteiger partial charge in [-0.25, -0.2) is 4.79 Å². The van der Waals surface area contributed by atoms with Gasteiger partial charge < -0.3 is 10.1 Å². The van der Waals surface area contributed by atoms with Crippen LogP contribution in [0.3, 0.4) is 0 Å². The van der Waals surface area contributed by atoms with E-state index in [1.807, 2.05) is 19.1 Å². The first kappa shape index (κ1) is 17.2. The Balaban J connectivity index is 2.01. The van der Waals surface area contributed by atoms with Crippen LogP contribution in [0, 0.1) is 6.92 Å². The number of aryl methyl sites for hydroxylation is 1. The van der Waals surface area contributed by atoms with Gasteiger partial charge in [0.1, 0.15) is 4.88 Å². The maximum atomic E-state index is 11.9. The summed E-state index contributed by atoms with van der Waals surface area (Å²) in [5.41, 5.74) is 1.66. The molecule has 6 heteroatoms. The SMILES string of the molecule is CCOC(=O)c1sc(NC(=O)/C=C/c2ccc(Cl)cc2)cc1C. The summed E-state index contributed by atoms with van der Waals surface area (Å²) >= 11 is 7.01. The van der Waals surface area contributed by atoms with E-state index in [0.29, 0.717) is 21.5 Å². The van der Waals surface area contributed by atoms with Gasteiger partial charge >= 0.3 is 5.97 Å². The summed E-state index contributed by atoms with van der Waals surface area (Å²) < 4.78 is 4.98. The topological polar surface area (TPSA) is 55.4 Å². The summed E-state index contributed by atoms with van der Waals surface area (Å²) in [7, 11) is 0. The molecule has 2 rings (SSSR count). The third-order valence-electron chi connectivity index (χ3n) is 2.92. The van der Waals surface area contributed by atoms with Gasteiger partial charge in [0.15, 0.2) is 0 Å². The van der Waals surface area contributed by atoms with Crippen LogP contribution >= 0.6 is 22.9 Å². The van der Waals surface area contributed by atoms with Crippen LogP contribution in [-0.4, -0.2) is 18.5 Å². The number of ether oxygens (including phenoxy) is 1. The molecule has 0 aliphatic rings. The van der Waals surface area contributed by atoms with Crippen molar-refractivity contribution in [2.45, 2.75) is 13.8 Å². The molecule has 0 unspecified atom stereocenters. The Morgan fingerprint density at radius 2 is 2.00 bits per heavy atom. The average Bonchev–Trinajstić information content (AvgIpc) is 2.87. The second kappa shape index (κ2) is 7.94. The first-order valence-electron chi connectivity index (χ1n) is 7.01. The molecule has 0 saturated heterocycles. The Hall–Kier alpha value is -2.11. The minimum Gasteiger partial charge on any atom is -0.462 e. The van der Waals surface area contributed by atoms with Crippen molar-refractivity contribution < 1.29 is 14.3 Å². The maximum Gasteiger partial charge on any atom is 0.348 e. The summed E-state index contributed by atoms with van der Waals surface area (Å²) in [6, 6.07) is 8.91. The summed E-state index contributed by atoms with van der Waals surface area (Å²) in [5.74, 6) is -0.635. The van der Waals surface area contributed by atoms with Crippen LogP contribution in [0.4, 0.5) is 5.00 Å². The van der Waals surface area contributed by atoms with E-state index >= 15 is 0 Å². The third-order valence-corrected chi connectivity index (χ3v) is 4.31. The van der Waals surface area contributed by atoms with Crippen molar-refractivity contribution in [1.82, 2.24) is 0 Å². The van der Waals surface area contributed by atoms with Gasteiger partial charge in [-0.3, -0.25) is 4.79 Å². The zero-order valence-electron chi connectivity index (χ0n) is 12.8. The van der Waals surface area contributed by atoms with Crippen LogP contribution < -0.4 is 5.32 Å². The Labute approximate surface area is 143 Å². The Morgan fingerprint density at radius 3 is 2.65 bits per heavy atom. The standard InChI is InChI=1S/C17H16ClNO3S/c1-3-22-17(21)16-11(2)10-15(23-16)19-14(20)9-6-12-4-7-13(18)8-5-12/h4-10H,3H2,1-2H3,(H,19,20)/b9-6+. The fourth-order valence-electron chi connectivity index (χ4n) is 1.85. The highest BCUT2D eigenvalue weighted by Gasteiger charge is 2.15. The van der Waals surface area contributed by atoms with Crippen molar-refractivity contribution in [2.75, 3.05) is 11.9 Å². The number of carbonyl (C=O) groups is 2. The minimum absolute atomic E-state index is 0.267. The lowest BCUT2D eigenvalue weighted by Crippen LogP contribution is -2.06. The van der Waals surface area contributed by atoms with E-state index in [2.05, 4.69) is 5.32 Å². The molecule has 0 bridgehead atoms. The lowest BCUT2D eigenvalue weighted by molar-refractivity contribution is -0.111. The molecule has 1 aromatic carbocycles. The molecule has 4 nitrogen and oxygen atoms in total. The Kier molecular flexibility index (Phi) is 5.96. The molecule has 1 aromatic heterocycles. The van der Waals surface area contributed by atoms with E-state index in [1.54, 1.807) is 31.2 Å². The highest BCUT2D eigenvalue weighted by atomic mass is 35.5. The molecule has 120 valence electrons. The number of anilines is 1. The fourth-order valence-corrected chi connectivity index (χ4v) is 2.95. The van der Waals surface area contributed by atoms with E-state index < -0.39 is 0 Å². The van der Waals surface area contributed by atoms with E-state index in [4.69, 9.17) is 16.3 Å². The van der Waals surface area contributed by atoms with Crippen LogP contribution in [0.25, 0.3) is 6.08 Å². The smallest absolute Gasteiger partial charge is 0.348 e. The second-order valence-electron chi connectivity index (χ2n) is 4.72. The molecule has 1 N–H and O–H groups in total. The number of amides is 1. The largest absolute Gasteiger partial charge is 0.462 e. The first-order valence-corrected chi connectivity index (χ1v) is 8.21. The predicted molar refractivity (Wildman–Crippen MR) is 94.1 cm³/mol. The summed E-state index contributed by atoms with van der Waals surface area (Å²) in [6.45, 7) is 3.88. The highest BCUT2D eigenvalue weighted by Crippen LogP contribution is 2.27. The molecule has 0 aliphatic carbocycles. The number of thiophene rings is 1. The van der Waals surface area contributed by atoms with E-state index in [9.17, 15) is 9.59 Å². The predicted octanol–water partition coefficient (Wildman–Crippen LogP) is 4.54. The third kappa shape index (κ3) is 4.94. The van der Waals surface area contributed by atoms with Crippen molar-refractivity contribution in [1.29, 1.82) is 0 Å². The number of halogens is 1. The van der Waals surface area contributed by atoms with Crippen LogP contribution in [0.5, 0.6) is 0 Å². The van der Waals surface area contributed by atoms with Crippen molar-refractivity contribution in [3.63, 3.8) is 0 Å². The molecule has 0 fully saturated rings. The van der Waals surface area contributed by atoms with Crippen LogP contribution in [-0.2, 0) is 9.53 Å². The monoisotopic (exact) mass is 349 g/mol. The van der Waals surface area contributed by atoms with Crippen molar-refractivity contribution in [3.8, 4) is 0 Å². The van der Waals surface area contributed by atoms with Gasteiger partial charge in [-0.2, -0.15) is 0 Å². The summed E-state index contributed by atoms with van der Waals surface area (Å²) in [4.78, 5) is 24.2. The number of rotatable bonds is 5. The lowest BCUT2D eigenvalue weighted by Gasteiger charge is -1.99. The van der Waals surface area contributed by atoms with E-state index in [-0.39, 0.29) is 11.9 Å². The molecule has 0 saturated carbocycles. The van der Waals surface area contributed by atoms with E-state index in [1.165, 1.54) is 17.4 Å². The lowest BCUT2D eigenvalue weighted by atomic mass is 10.2. The van der Waals surface area contributed by atoms with Crippen molar-refractivity contribution in [3.05, 3.63) is 57.4 Å². The molecule has 0 radical (unpaired) electrons. The van der Waals surface area contributed by atoms with Gasteiger partial charge in [0.05, 0.1) is 11.6 Å². The zero-order chi connectivity index (χ0) is 16.8. The molecule has 0 aliphatic heterocycles. The molecule has 0 spiro atoms. The van der Waals surface area contributed by atoms with Gasteiger partial charge in [-0.15, -0.1) is 11.3 Å². The van der Waals surface area contributed by atoms with E-state index in [0.717, 1.165) is 11.1 Å². The van der Waals surface area contributed by atoms with Crippen LogP contribution in [0.15, 0.2) is 36.4 Å². The fraction of sp³-hybridized carbons (Fsp3) is 0.176. The minimum atomic E-state index is -0.368. The number of hydrogen-bond donors (Lipinski definition) is 1. The summed E-state index contributed by atoms with van der Waals surface area (Å²) in [6.07, 6.45) is 3.13.